The topological polar surface area (TPSA) is 32.7 Å². The van der Waals surface area contributed by atoms with Gasteiger partial charge in [0.25, 0.3) is 0 Å². The van der Waals surface area contributed by atoms with Gasteiger partial charge in [-0.1, -0.05) is 52.3 Å². The van der Waals surface area contributed by atoms with Crippen LogP contribution in [0.5, 0.6) is 11.5 Å². The Balaban J connectivity index is 1.96. The summed E-state index contributed by atoms with van der Waals surface area (Å²) in [5.41, 5.74) is 3.32. The minimum Gasteiger partial charge on any atom is -0.504 e. The summed E-state index contributed by atoms with van der Waals surface area (Å²) in [7, 11) is 1.57. The van der Waals surface area contributed by atoms with Crippen LogP contribution in [0.3, 0.4) is 0 Å². The van der Waals surface area contributed by atoms with Crippen LogP contribution < -0.4 is 4.74 Å². The lowest BCUT2D eigenvalue weighted by Gasteiger charge is -2.34. The molecule has 0 aliphatic carbocycles. The fourth-order valence-corrected chi connectivity index (χ4v) is 3.75. The van der Waals surface area contributed by atoms with Crippen LogP contribution in [0.15, 0.2) is 53.5 Å². The maximum absolute atomic E-state index is 10.5. The third-order valence-electron chi connectivity index (χ3n) is 4.32. The number of hydrogen-bond donors (Lipinski definition) is 1. The Hall–Kier alpha value is -1.78. The maximum Gasteiger partial charge on any atom is 0.161 e. The highest BCUT2D eigenvalue weighted by molar-refractivity contribution is 9.10. The molecule has 0 unspecified atom stereocenters. The normalized spacial score (nSPS) is 17.6. The third-order valence-corrected chi connectivity index (χ3v) is 5.03. The van der Waals surface area contributed by atoms with Crippen LogP contribution in [0.25, 0.3) is 0 Å². The van der Waals surface area contributed by atoms with E-state index in [2.05, 4.69) is 51.7 Å². The van der Waals surface area contributed by atoms with Crippen LogP contribution in [0, 0.1) is 0 Å². The van der Waals surface area contributed by atoms with Gasteiger partial charge in [-0.15, -0.1) is 6.58 Å². The second-order valence-electron chi connectivity index (χ2n) is 5.80. The summed E-state index contributed by atoms with van der Waals surface area (Å²) in [5.74, 6) is 0.808. The molecular formula is C19H20BrNO2. The Labute approximate surface area is 145 Å². The molecule has 0 saturated carbocycles. The first-order chi connectivity index (χ1) is 11.1. The fourth-order valence-electron chi connectivity index (χ4n) is 3.20. The first kappa shape index (κ1) is 16.1. The zero-order valence-electron chi connectivity index (χ0n) is 13.1. The van der Waals surface area contributed by atoms with Crippen molar-refractivity contribution in [3.05, 3.63) is 70.2 Å². The van der Waals surface area contributed by atoms with Crippen LogP contribution in [0.1, 0.15) is 22.6 Å². The van der Waals surface area contributed by atoms with Crippen molar-refractivity contribution in [3.63, 3.8) is 0 Å². The summed E-state index contributed by atoms with van der Waals surface area (Å²) in [6.07, 6.45) is 1.90. The van der Waals surface area contributed by atoms with Gasteiger partial charge < -0.3 is 9.84 Å². The van der Waals surface area contributed by atoms with E-state index in [0.29, 0.717) is 5.75 Å². The lowest BCUT2D eigenvalue weighted by Crippen LogP contribution is -2.33. The number of fused-ring (bicyclic) bond motifs is 1. The summed E-state index contributed by atoms with van der Waals surface area (Å²) >= 11 is 3.63. The van der Waals surface area contributed by atoms with Crippen LogP contribution in [-0.2, 0) is 13.1 Å². The van der Waals surface area contributed by atoms with E-state index in [-0.39, 0.29) is 11.7 Å². The number of phenolic OH excluding ortho intramolecular Hbond substituents is 1. The van der Waals surface area contributed by atoms with Gasteiger partial charge in [0.05, 0.1) is 7.11 Å². The molecule has 0 saturated heterocycles. The molecule has 120 valence electrons. The zero-order chi connectivity index (χ0) is 16.4. The molecule has 1 aliphatic rings. The molecule has 0 amide bonds. The Morgan fingerprint density at radius 1 is 1.39 bits per heavy atom. The molecule has 0 fully saturated rings. The van der Waals surface area contributed by atoms with E-state index in [1.807, 2.05) is 18.2 Å². The monoisotopic (exact) mass is 373 g/mol. The van der Waals surface area contributed by atoms with Gasteiger partial charge in [-0.2, -0.15) is 0 Å². The molecule has 1 atom stereocenters. The zero-order valence-corrected chi connectivity index (χ0v) is 14.7. The molecule has 1 N–H and O–H groups in total. The molecule has 2 aromatic rings. The van der Waals surface area contributed by atoms with Crippen LogP contribution in [0.4, 0.5) is 0 Å². The van der Waals surface area contributed by atoms with Crippen molar-refractivity contribution < 1.29 is 9.84 Å². The summed E-state index contributed by atoms with van der Waals surface area (Å²) in [6.45, 7) is 6.45. The second kappa shape index (κ2) is 6.77. The number of phenols is 1. The minimum absolute atomic E-state index is 0.0777. The Bertz CT molecular complexity index is 715. The van der Waals surface area contributed by atoms with Gasteiger partial charge in [-0.3, -0.25) is 4.90 Å². The van der Waals surface area contributed by atoms with Crippen LogP contribution >= 0.6 is 15.9 Å². The van der Waals surface area contributed by atoms with Gasteiger partial charge in [0.15, 0.2) is 11.5 Å². The molecule has 23 heavy (non-hydrogen) atoms. The van der Waals surface area contributed by atoms with Crippen molar-refractivity contribution in [2.45, 2.75) is 19.0 Å². The Morgan fingerprint density at radius 3 is 2.78 bits per heavy atom. The van der Waals surface area contributed by atoms with Gasteiger partial charge in [-0.05, 0) is 17.2 Å². The number of benzene rings is 2. The van der Waals surface area contributed by atoms with Crippen LogP contribution in [-0.4, -0.2) is 23.7 Å². The lowest BCUT2D eigenvalue weighted by atomic mass is 9.88. The standard InChI is InChI=1S/C19H20BrNO2/c1-3-14-11-21(10-13-7-5-4-6-8-13)12-15-16(20)9-17(23-2)19(22)18(14)15/h3-9,14,22H,1,10-12H2,2H3/t14-/m0/s1. The van der Waals surface area contributed by atoms with Gasteiger partial charge in [0.2, 0.25) is 0 Å². The van der Waals surface area contributed by atoms with Gasteiger partial charge in [0.1, 0.15) is 0 Å². The number of methoxy groups -OCH3 is 1. The molecule has 1 aliphatic heterocycles. The number of nitrogens with zero attached hydrogens (tertiary/aromatic N) is 1. The SMILES string of the molecule is C=C[C@H]1CN(Cc2ccccc2)Cc2c(Br)cc(OC)c(O)c21. The highest BCUT2D eigenvalue weighted by Crippen LogP contribution is 2.44. The number of ether oxygens (including phenoxy) is 1. The van der Waals surface area contributed by atoms with E-state index in [1.165, 1.54) is 5.56 Å². The molecule has 1 heterocycles. The Morgan fingerprint density at radius 2 is 2.13 bits per heavy atom. The highest BCUT2D eigenvalue weighted by atomic mass is 79.9. The maximum atomic E-state index is 10.5. The summed E-state index contributed by atoms with van der Waals surface area (Å²) in [5, 5.41) is 10.5. The van der Waals surface area contributed by atoms with Crippen molar-refractivity contribution >= 4 is 15.9 Å². The second-order valence-corrected chi connectivity index (χ2v) is 6.65. The molecule has 0 radical (unpaired) electrons. The van der Waals surface area contributed by atoms with E-state index in [4.69, 9.17) is 4.74 Å². The van der Waals surface area contributed by atoms with Crippen molar-refractivity contribution in [1.82, 2.24) is 4.90 Å². The first-order valence-electron chi connectivity index (χ1n) is 7.61. The molecule has 0 bridgehead atoms. The van der Waals surface area contributed by atoms with Crippen molar-refractivity contribution in [1.29, 1.82) is 0 Å². The van der Waals surface area contributed by atoms with E-state index in [0.717, 1.165) is 35.2 Å². The molecule has 4 heteroatoms. The van der Waals surface area contributed by atoms with E-state index >= 15 is 0 Å². The largest absolute Gasteiger partial charge is 0.504 e. The summed E-state index contributed by atoms with van der Waals surface area (Å²) < 4.78 is 6.24. The summed E-state index contributed by atoms with van der Waals surface area (Å²) in [6, 6.07) is 12.3. The molecule has 3 nitrogen and oxygen atoms in total. The molecule has 3 rings (SSSR count). The Kier molecular flexibility index (Phi) is 4.74. The average Bonchev–Trinajstić information content (AvgIpc) is 2.58. The number of aromatic hydroxyl groups is 1. The predicted molar refractivity (Wildman–Crippen MR) is 95.9 cm³/mol. The summed E-state index contributed by atoms with van der Waals surface area (Å²) in [4.78, 5) is 2.38. The minimum atomic E-state index is 0.0777. The van der Waals surface area contributed by atoms with Crippen molar-refractivity contribution in [3.8, 4) is 11.5 Å². The number of rotatable bonds is 4. The van der Waals surface area contributed by atoms with E-state index in [1.54, 1.807) is 7.11 Å². The molecule has 0 aromatic heterocycles. The number of halogens is 1. The highest BCUT2D eigenvalue weighted by Gasteiger charge is 2.29. The quantitative estimate of drug-likeness (QED) is 0.803. The van der Waals surface area contributed by atoms with Gasteiger partial charge in [0, 0.05) is 35.6 Å². The first-order valence-corrected chi connectivity index (χ1v) is 8.40. The van der Waals surface area contributed by atoms with Crippen LogP contribution in [0.2, 0.25) is 0 Å². The lowest BCUT2D eigenvalue weighted by molar-refractivity contribution is 0.229. The fraction of sp³-hybridized carbons (Fsp3) is 0.263. The van der Waals surface area contributed by atoms with E-state index in [9.17, 15) is 5.11 Å². The van der Waals surface area contributed by atoms with Crippen molar-refractivity contribution in [2.75, 3.05) is 13.7 Å². The van der Waals surface area contributed by atoms with Gasteiger partial charge >= 0.3 is 0 Å². The molecule has 0 spiro atoms. The molecular weight excluding hydrogens is 354 g/mol. The predicted octanol–water partition coefficient (Wildman–Crippen LogP) is 4.45. The van der Waals surface area contributed by atoms with E-state index < -0.39 is 0 Å². The third kappa shape index (κ3) is 3.14. The molecule has 2 aromatic carbocycles. The van der Waals surface area contributed by atoms with Gasteiger partial charge in [-0.25, -0.2) is 0 Å². The average molecular weight is 374 g/mol. The smallest absolute Gasteiger partial charge is 0.161 e. The van der Waals surface area contributed by atoms with Crippen molar-refractivity contribution in [2.24, 2.45) is 0 Å². The number of hydrogen-bond acceptors (Lipinski definition) is 3.